The average molecular weight is 412 g/mol. The smallest absolute Gasteiger partial charge is 0.254 e. The molecule has 29 heavy (non-hydrogen) atoms. The monoisotopic (exact) mass is 411 g/mol. The van der Waals surface area contributed by atoms with Crippen LogP contribution in [0.3, 0.4) is 0 Å². The standard InChI is InChI=1S/C22H22ClN3O3/c1-2-29-19-9-5-17(6-10-19)20-13-22(28)26(15-25-20)14-21(27)24-12-11-16-3-7-18(23)8-4-16/h3-10,13,15H,2,11-12,14H2,1H3,(H,24,27). The van der Waals surface area contributed by atoms with Gasteiger partial charge in [-0.25, -0.2) is 4.98 Å². The Labute approximate surface area is 174 Å². The highest BCUT2D eigenvalue weighted by Crippen LogP contribution is 2.19. The van der Waals surface area contributed by atoms with Crippen molar-refractivity contribution in [3.63, 3.8) is 0 Å². The Balaban J connectivity index is 1.56. The molecule has 1 aromatic heterocycles. The first-order valence-corrected chi connectivity index (χ1v) is 9.74. The van der Waals surface area contributed by atoms with E-state index in [2.05, 4.69) is 10.3 Å². The average Bonchev–Trinajstić information content (AvgIpc) is 2.72. The molecule has 0 radical (unpaired) electrons. The fourth-order valence-corrected chi connectivity index (χ4v) is 2.93. The molecule has 2 aromatic carbocycles. The third kappa shape index (κ3) is 5.93. The van der Waals surface area contributed by atoms with Crippen molar-refractivity contribution in [1.29, 1.82) is 0 Å². The highest BCUT2D eigenvalue weighted by atomic mass is 35.5. The molecule has 0 fully saturated rings. The number of amides is 1. The number of aromatic nitrogens is 2. The molecule has 0 atom stereocenters. The molecule has 1 amide bonds. The fourth-order valence-electron chi connectivity index (χ4n) is 2.80. The molecule has 0 aliphatic rings. The lowest BCUT2D eigenvalue weighted by atomic mass is 10.1. The Morgan fingerprint density at radius 3 is 2.52 bits per heavy atom. The van der Waals surface area contributed by atoms with E-state index in [-0.39, 0.29) is 18.0 Å². The molecule has 0 aliphatic carbocycles. The van der Waals surface area contributed by atoms with Crippen molar-refractivity contribution in [3.05, 3.63) is 81.9 Å². The van der Waals surface area contributed by atoms with Crippen LogP contribution >= 0.6 is 11.6 Å². The van der Waals surface area contributed by atoms with Crippen molar-refractivity contribution in [2.75, 3.05) is 13.2 Å². The minimum atomic E-state index is -0.281. The summed E-state index contributed by atoms with van der Waals surface area (Å²) in [6.07, 6.45) is 2.08. The van der Waals surface area contributed by atoms with E-state index < -0.39 is 0 Å². The Bertz CT molecular complexity index is 1010. The van der Waals surface area contributed by atoms with Crippen molar-refractivity contribution < 1.29 is 9.53 Å². The van der Waals surface area contributed by atoms with E-state index >= 15 is 0 Å². The number of carbonyl (C=O) groups excluding carboxylic acids is 1. The highest BCUT2D eigenvalue weighted by Gasteiger charge is 2.07. The Morgan fingerprint density at radius 2 is 1.86 bits per heavy atom. The SMILES string of the molecule is CCOc1ccc(-c2cc(=O)n(CC(=O)NCCc3ccc(Cl)cc3)cn2)cc1. The molecule has 0 unspecified atom stereocenters. The summed E-state index contributed by atoms with van der Waals surface area (Å²) >= 11 is 5.86. The van der Waals surface area contributed by atoms with Gasteiger partial charge in [0, 0.05) is 23.2 Å². The van der Waals surface area contributed by atoms with Crippen molar-refractivity contribution in [3.8, 4) is 17.0 Å². The summed E-state index contributed by atoms with van der Waals surface area (Å²) in [5.74, 6) is 0.525. The lowest BCUT2D eigenvalue weighted by Crippen LogP contribution is -2.33. The van der Waals surface area contributed by atoms with E-state index in [9.17, 15) is 9.59 Å². The van der Waals surface area contributed by atoms with Crippen LogP contribution in [-0.4, -0.2) is 28.6 Å². The maximum Gasteiger partial charge on any atom is 0.254 e. The molecule has 1 N–H and O–H groups in total. The van der Waals surface area contributed by atoms with Crippen LogP contribution < -0.4 is 15.6 Å². The van der Waals surface area contributed by atoms with Crippen LogP contribution in [-0.2, 0) is 17.8 Å². The van der Waals surface area contributed by atoms with Gasteiger partial charge in [0.1, 0.15) is 12.3 Å². The van der Waals surface area contributed by atoms with Crippen LogP contribution in [0.1, 0.15) is 12.5 Å². The van der Waals surface area contributed by atoms with Gasteiger partial charge < -0.3 is 10.1 Å². The molecule has 0 saturated heterocycles. The molecule has 3 aromatic rings. The molecule has 150 valence electrons. The van der Waals surface area contributed by atoms with E-state index in [1.807, 2.05) is 55.5 Å². The van der Waals surface area contributed by atoms with Gasteiger partial charge in [0.05, 0.1) is 18.6 Å². The lowest BCUT2D eigenvalue weighted by molar-refractivity contribution is -0.121. The summed E-state index contributed by atoms with van der Waals surface area (Å²) in [4.78, 5) is 28.8. The number of hydrogen-bond acceptors (Lipinski definition) is 4. The Hall–Kier alpha value is -3.12. The second-order valence-corrected chi connectivity index (χ2v) is 6.86. The first-order valence-electron chi connectivity index (χ1n) is 9.36. The van der Waals surface area contributed by atoms with Gasteiger partial charge in [0.25, 0.3) is 5.56 Å². The van der Waals surface area contributed by atoms with Gasteiger partial charge in [-0.1, -0.05) is 23.7 Å². The second-order valence-electron chi connectivity index (χ2n) is 6.42. The molecule has 7 heteroatoms. The van der Waals surface area contributed by atoms with E-state index in [0.717, 1.165) is 16.9 Å². The summed E-state index contributed by atoms with van der Waals surface area (Å²) in [6, 6.07) is 16.3. The van der Waals surface area contributed by atoms with E-state index in [1.165, 1.54) is 17.0 Å². The third-order valence-corrected chi connectivity index (χ3v) is 4.56. The zero-order valence-corrected chi connectivity index (χ0v) is 16.9. The summed E-state index contributed by atoms with van der Waals surface area (Å²) in [5, 5.41) is 3.49. The van der Waals surface area contributed by atoms with Gasteiger partial charge in [-0.3, -0.25) is 14.2 Å². The van der Waals surface area contributed by atoms with Gasteiger partial charge in [0.15, 0.2) is 0 Å². The van der Waals surface area contributed by atoms with Crippen LogP contribution in [0.2, 0.25) is 5.02 Å². The van der Waals surface area contributed by atoms with Crippen LogP contribution in [0, 0.1) is 0 Å². The Morgan fingerprint density at radius 1 is 1.14 bits per heavy atom. The summed E-state index contributed by atoms with van der Waals surface area (Å²) in [6.45, 7) is 2.92. The van der Waals surface area contributed by atoms with Gasteiger partial charge in [-0.15, -0.1) is 0 Å². The van der Waals surface area contributed by atoms with Crippen LogP contribution in [0.5, 0.6) is 5.75 Å². The molecular formula is C22H22ClN3O3. The Kier molecular flexibility index (Phi) is 7.03. The molecule has 0 bridgehead atoms. The van der Waals surface area contributed by atoms with Crippen molar-refractivity contribution in [2.24, 2.45) is 0 Å². The summed E-state index contributed by atoms with van der Waals surface area (Å²) in [5.41, 5.74) is 2.16. The minimum Gasteiger partial charge on any atom is -0.494 e. The van der Waals surface area contributed by atoms with Crippen LogP contribution in [0.25, 0.3) is 11.3 Å². The number of nitrogens with zero attached hydrogens (tertiary/aromatic N) is 2. The molecule has 3 rings (SSSR count). The minimum absolute atomic E-state index is 0.0734. The number of halogens is 1. The lowest BCUT2D eigenvalue weighted by Gasteiger charge is -2.09. The zero-order valence-electron chi connectivity index (χ0n) is 16.1. The number of benzene rings is 2. The van der Waals surface area contributed by atoms with Gasteiger partial charge in [0.2, 0.25) is 5.91 Å². The maximum atomic E-state index is 12.4. The maximum absolute atomic E-state index is 12.4. The molecule has 0 spiro atoms. The predicted molar refractivity (Wildman–Crippen MR) is 113 cm³/mol. The fraction of sp³-hybridized carbons (Fsp3) is 0.227. The quantitative estimate of drug-likeness (QED) is 0.617. The first kappa shape index (κ1) is 20.6. The number of ether oxygens (including phenoxy) is 1. The van der Waals surface area contributed by atoms with Crippen LogP contribution in [0.15, 0.2) is 65.7 Å². The number of carbonyl (C=O) groups is 1. The summed E-state index contributed by atoms with van der Waals surface area (Å²) in [7, 11) is 0. The third-order valence-electron chi connectivity index (χ3n) is 4.30. The topological polar surface area (TPSA) is 73.2 Å². The molecule has 0 saturated carbocycles. The van der Waals surface area contributed by atoms with Gasteiger partial charge in [-0.2, -0.15) is 0 Å². The number of hydrogen-bond donors (Lipinski definition) is 1. The van der Waals surface area contributed by atoms with Crippen molar-refractivity contribution in [1.82, 2.24) is 14.9 Å². The summed E-state index contributed by atoms with van der Waals surface area (Å²) < 4.78 is 6.70. The van der Waals surface area contributed by atoms with Gasteiger partial charge >= 0.3 is 0 Å². The largest absolute Gasteiger partial charge is 0.494 e. The van der Waals surface area contributed by atoms with E-state index in [0.29, 0.717) is 30.3 Å². The van der Waals surface area contributed by atoms with Crippen molar-refractivity contribution >= 4 is 17.5 Å². The predicted octanol–water partition coefficient (Wildman–Crippen LogP) is 3.32. The zero-order chi connectivity index (χ0) is 20.6. The van der Waals surface area contributed by atoms with E-state index in [1.54, 1.807) is 0 Å². The van der Waals surface area contributed by atoms with Gasteiger partial charge in [-0.05, 0) is 55.3 Å². The molecule has 6 nitrogen and oxygen atoms in total. The number of nitrogens with one attached hydrogen (secondary N) is 1. The number of rotatable bonds is 8. The molecule has 1 heterocycles. The molecular weight excluding hydrogens is 390 g/mol. The molecule has 0 aliphatic heterocycles. The second kappa shape index (κ2) is 9.89. The first-order chi connectivity index (χ1) is 14.0. The normalized spacial score (nSPS) is 10.6. The van der Waals surface area contributed by atoms with Crippen molar-refractivity contribution in [2.45, 2.75) is 19.9 Å². The van der Waals surface area contributed by atoms with E-state index in [4.69, 9.17) is 16.3 Å². The highest BCUT2D eigenvalue weighted by molar-refractivity contribution is 6.30. The van der Waals surface area contributed by atoms with Crippen LogP contribution in [0.4, 0.5) is 0 Å².